The molecule has 2 rings (SSSR count). The van der Waals surface area contributed by atoms with E-state index in [0.29, 0.717) is 16.2 Å². The molecule has 3 nitrogen and oxygen atoms in total. The van der Waals surface area contributed by atoms with Crippen molar-refractivity contribution in [2.45, 2.75) is 39.3 Å². The van der Waals surface area contributed by atoms with E-state index in [0.717, 1.165) is 18.9 Å². The van der Waals surface area contributed by atoms with Crippen molar-refractivity contribution < 1.29 is 13.5 Å². The quantitative estimate of drug-likeness (QED) is 0.689. The number of nitrogens with zero attached hydrogens (tertiary/aromatic N) is 2. The maximum absolute atomic E-state index is 13.6. The number of halogens is 3. The summed E-state index contributed by atoms with van der Waals surface area (Å²) in [5.41, 5.74) is 0.682. The number of hydrogen-bond donors (Lipinski definition) is 0. The third kappa shape index (κ3) is 3.81. The fraction of sp³-hybridized carbons (Fsp3) is 0.400. The first-order valence-electron chi connectivity index (χ1n) is 6.86. The van der Waals surface area contributed by atoms with Gasteiger partial charge in [0.25, 0.3) is 0 Å². The Kier molecular flexibility index (Phi) is 5.33. The smallest absolute Gasteiger partial charge is 0.200 e. The zero-order valence-electron chi connectivity index (χ0n) is 11.9. The van der Waals surface area contributed by atoms with Crippen LogP contribution in [-0.4, -0.2) is 9.78 Å². The van der Waals surface area contributed by atoms with Crippen molar-refractivity contribution in [1.29, 1.82) is 0 Å². The summed E-state index contributed by atoms with van der Waals surface area (Å²) in [4.78, 5) is 0. The summed E-state index contributed by atoms with van der Waals surface area (Å²) in [6.45, 7) is 4.30. The summed E-state index contributed by atoms with van der Waals surface area (Å²) in [5.74, 6) is -2.06. The zero-order valence-corrected chi connectivity index (χ0v) is 13.5. The molecule has 0 saturated carbocycles. The molecule has 0 atom stereocenters. The van der Waals surface area contributed by atoms with Crippen molar-refractivity contribution in [2.24, 2.45) is 0 Å². The van der Waals surface area contributed by atoms with Crippen molar-refractivity contribution in [1.82, 2.24) is 9.78 Å². The molecule has 2 aromatic rings. The minimum Gasteiger partial charge on any atom is -0.484 e. The lowest BCUT2D eigenvalue weighted by atomic mass is 10.2. The van der Waals surface area contributed by atoms with Crippen LogP contribution in [0.1, 0.15) is 38.4 Å². The number of hydrogen-bond acceptors (Lipinski definition) is 2. The standard InChI is InChI=1S/C15H17BrF2N2O/c1-3-12(4-2)20-6-5-11(19-20)9-21-14-8-10(16)7-13(17)15(14)18/h5-8,12H,3-4,9H2,1-2H3. The molecule has 0 N–H and O–H groups in total. The van der Waals surface area contributed by atoms with Crippen LogP contribution in [0.5, 0.6) is 5.75 Å². The number of ether oxygens (including phenoxy) is 1. The second-order valence-corrected chi connectivity index (χ2v) is 5.66. The van der Waals surface area contributed by atoms with Crippen LogP contribution < -0.4 is 4.74 Å². The molecule has 1 aromatic carbocycles. The predicted octanol–water partition coefficient (Wildman–Crippen LogP) is 4.86. The van der Waals surface area contributed by atoms with Crippen molar-refractivity contribution in [3.63, 3.8) is 0 Å². The molecule has 0 aliphatic heterocycles. The van der Waals surface area contributed by atoms with Crippen LogP contribution in [-0.2, 0) is 6.61 Å². The molecule has 0 bridgehead atoms. The Hall–Kier alpha value is -1.43. The van der Waals surface area contributed by atoms with Gasteiger partial charge >= 0.3 is 0 Å². The molecule has 1 heterocycles. The van der Waals surface area contributed by atoms with Crippen LogP contribution in [0.25, 0.3) is 0 Å². The van der Waals surface area contributed by atoms with E-state index in [9.17, 15) is 8.78 Å². The Balaban J connectivity index is 2.07. The largest absolute Gasteiger partial charge is 0.484 e. The van der Waals surface area contributed by atoms with E-state index in [1.165, 1.54) is 6.07 Å². The Morgan fingerprint density at radius 1 is 1.29 bits per heavy atom. The van der Waals surface area contributed by atoms with Gasteiger partial charge in [0.1, 0.15) is 6.61 Å². The molecular formula is C15H17BrF2N2O. The second-order valence-electron chi connectivity index (χ2n) is 4.75. The van der Waals surface area contributed by atoms with Gasteiger partial charge in [0.2, 0.25) is 5.82 Å². The topological polar surface area (TPSA) is 27.1 Å². The molecule has 21 heavy (non-hydrogen) atoms. The average Bonchev–Trinajstić information content (AvgIpc) is 2.91. The molecule has 0 spiro atoms. The van der Waals surface area contributed by atoms with Crippen molar-refractivity contribution in [2.75, 3.05) is 0 Å². The molecule has 0 aliphatic carbocycles. The molecule has 0 aliphatic rings. The van der Waals surface area contributed by atoms with Gasteiger partial charge in [0, 0.05) is 10.7 Å². The minimum atomic E-state index is -0.988. The highest BCUT2D eigenvalue weighted by Crippen LogP contribution is 2.26. The molecular weight excluding hydrogens is 342 g/mol. The zero-order chi connectivity index (χ0) is 15.4. The summed E-state index contributed by atoms with van der Waals surface area (Å²) in [6, 6.07) is 4.63. The van der Waals surface area contributed by atoms with Crippen LogP contribution >= 0.6 is 15.9 Å². The fourth-order valence-corrected chi connectivity index (χ4v) is 2.52. The Bertz CT molecular complexity index is 612. The van der Waals surface area contributed by atoms with E-state index >= 15 is 0 Å². The molecule has 0 saturated heterocycles. The van der Waals surface area contributed by atoms with Crippen LogP contribution in [0.4, 0.5) is 8.78 Å². The molecule has 6 heteroatoms. The van der Waals surface area contributed by atoms with Gasteiger partial charge in [-0.1, -0.05) is 29.8 Å². The van der Waals surface area contributed by atoms with Crippen LogP contribution in [0.2, 0.25) is 0 Å². The lowest BCUT2D eigenvalue weighted by Crippen LogP contribution is -2.08. The van der Waals surface area contributed by atoms with Crippen LogP contribution in [0.15, 0.2) is 28.9 Å². The van der Waals surface area contributed by atoms with Gasteiger partial charge in [-0.3, -0.25) is 4.68 Å². The van der Waals surface area contributed by atoms with Crippen molar-refractivity contribution in [3.8, 4) is 5.75 Å². The summed E-state index contributed by atoms with van der Waals surface area (Å²) >= 11 is 3.11. The molecule has 0 amide bonds. The molecule has 1 aromatic heterocycles. The first-order chi connectivity index (χ1) is 10.0. The number of aromatic nitrogens is 2. The van der Waals surface area contributed by atoms with Gasteiger partial charge in [-0.15, -0.1) is 0 Å². The van der Waals surface area contributed by atoms with Crippen molar-refractivity contribution >= 4 is 15.9 Å². The first-order valence-corrected chi connectivity index (χ1v) is 7.65. The van der Waals surface area contributed by atoms with Gasteiger partial charge in [-0.2, -0.15) is 9.49 Å². The highest BCUT2D eigenvalue weighted by atomic mass is 79.9. The first kappa shape index (κ1) is 15.9. The Morgan fingerprint density at radius 2 is 2.00 bits per heavy atom. The summed E-state index contributed by atoms with van der Waals surface area (Å²) in [5, 5.41) is 4.41. The average molecular weight is 359 g/mol. The van der Waals surface area contributed by atoms with E-state index in [1.807, 2.05) is 16.9 Å². The SMILES string of the molecule is CCC(CC)n1ccc(COc2cc(Br)cc(F)c2F)n1. The Morgan fingerprint density at radius 3 is 2.67 bits per heavy atom. The van der Waals surface area contributed by atoms with E-state index < -0.39 is 11.6 Å². The highest BCUT2D eigenvalue weighted by molar-refractivity contribution is 9.10. The second kappa shape index (κ2) is 7.02. The van der Waals surface area contributed by atoms with Crippen molar-refractivity contribution in [3.05, 3.63) is 46.2 Å². The fourth-order valence-electron chi connectivity index (χ4n) is 2.11. The third-order valence-corrected chi connectivity index (χ3v) is 3.77. The van der Waals surface area contributed by atoms with Gasteiger partial charge in [-0.05, 0) is 31.0 Å². The molecule has 114 valence electrons. The lowest BCUT2D eigenvalue weighted by molar-refractivity contribution is 0.277. The Labute approximate surface area is 131 Å². The van der Waals surface area contributed by atoms with Gasteiger partial charge < -0.3 is 4.74 Å². The van der Waals surface area contributed by atoms with Gasteiger partial charge in [0.05, 0.1) is 11.7 Å². The van der Waals surface area contributed by atoms with Crippen LogP contribution in [0.3, 0.4) is 0 Å². The maximum Gasteiger partial charge on any atom is 0.200 e. The van der Waals surface area contributed by atoms with E-state index in [-0.39, 0.29) is 12.4 Å². The lowest BCUT2D eigenvalue weighted by Gasteiger charge is -2.12. The van der Waals surface area contributed by atoms with E-state index in [1.54, 1.807) is 0 Å². The molecule has 0 fully saturated rings. The minimum absolute atomic E-state index is 0.0972. The van der Waals surface area contributed by atoms with E-state index in [4.69, 9.17) is 4.74 Å². The monoisotopic (exact) mass is 358 g/mol. The summed E-state index contributed by atoms with van der Waals surface area (Å²) < 4.78 is 34.5. The van der Waals surface area contributed by atoms with Crippen LogP contribution in [0, 0.1) is 11.6 Å². The van der Waals surface area contributed by atoms with E-state index in [2.05, 4.69) is 34.9 Å². The maximum atomic E-state index is 13.6. The summed E-state index contributed by atoms with van der Waals surface area (Å²) in [6.07, 6.45) is 3.86. The normalized spacial score (nSPS) is 11.1. The molecule has 0 radical (unpaired) electrons. The molecule has 0 unspecified atom stereocenters. The van der Waals surface area contributed by atoms with Gasteiger partial charge in [-0.25, -0.2) is 4.39 Å². The number of rotatable bonds is 6. The number of benzene rings is 1. The van der Waals surface area contributed by atoms with Gasteiger partial charge in [0.15, 0.2) is 11.6 Å². The highest BCUT2D eigenvalue weighted by Gasteiger charge is 2.13. The third-order valence-electron chi connectivity index (χ3n) is 3.32. The predicted molar refractivity (Wildman–Crippen MR) is 80.2 cm³/mol. The summed E-state index contributed by atoms with van der Waals surface area (Å²) in [7, 11) is 0.